The van der Waals surface area contributed by atoms with Crippen molar-refractivity contribution >= 4 is 12.0 Å². The van der Waals surface area contributed by atoms with Gasteiger partial charge in [-0.15, -0.1) is 0 Å². The molecule has 1 aromatic heterocycles. The number of nitrogens with zero attached hydrogens (tertiary/aromatic N) is 2. The van der Waals surface area contributed by atoms with Crippen molar-refractivity contribution in [3.05, 3.63) is 34.7 Å². The van der Waals surface area contributed by atoms with Crippen LogP contribution in [0, 0.1) is 0 Å². The van der Waals surface area contributed by atoms with Gasteiger partial charge in [0, 0.05) is 24.4 Å². The van der Waals surface area contributed by atoms with Crippen LogP contribution in [0.2, 0.25) is 0 Å². The van der Waals surface area contributed by atoms with E-state index < -0.39 is 5.97 Å². The molecule has 3 rings (SSSR count). The monoisotopic (exact) mass is 316 g/mol. The summed E-state index contributed by atoms with van der Waals surface area (Å²) >= 11 is 0. The Balaban J connectivity index is 1.69. The SMILES string of the molecule is C/C1=C/c2c(C3CCN(CCC(=O)O)CC3)noc2CC=CC1. The molecule has 1 N–H and O–H groups in total. The number of aromatic nitrogens is 1. The standard InChI is InChI=1S/C18H24N2O3/c1-13-4-2-3-5-16-15(12-13)18(19-23-16)14-6-9-20(10-7-14)11-8-17(21)22/h2-3,12,14H,4-11H2,1H3,(H,21,22)/b3-2?,13-12-. The van der Waals surface area contributed by atoms with Gasteiger partial charge in [0.05, 0.1) is 12.1 Å². The van der Waals surface area contributed by atoms with Crippen LogP contribution in [0.5, 0.6) is 0 Å². The lowest BCUT2D eigenvalue weighted by atomic mass is 9.89. The first-order valence-electron chi connectivity index (χ1n) is 8.38. The molecule has 0 bridgehead atoms. The number of hydrogen-bond donors (Lipinski definition) is 1. The van der Waals surface area contributed by atoms with E-state index in [-0.39, 0.29) is 6.42 Å². The maximum atomic E-state index is 10.7. The van der Waals surface area contributed by atoms with Crippen LogP contribution >= 0.6 is 0 Å². The average molecular weight is 316 g/mol. The fraction of sp³-hybridized carbons (Fsp3) is 0.556. The van der Waals surface area contributed by atoms with Gasteiger partial charge < -0.3 is 14.5 Å². The fourth-order valence-corrected chi connectivity index (χ4v) is 3.39. The number of piperidine rings is 1. The lowest BCUT2D eigenvalue weighted by Gasteiger charge is -2.30. The summed E-state index contributed by atoms with van der Waals surface area (Å²) in [4.78, 5) is 12.9. The molecule has 124 valence electrons. The number of allylic oxidation sites excluding steroid dienone is 3. The first-order valence-corrected chi connectivity index (χ1v) is 8.38. The zero-order valence-electron chi connectivity index (χ0n) is 13.6. The van der Waals surface area contributed by atoms with Gasteiger partial charge >= 0.3 is 5.97 Å². The predicted molar refractivity (Wildman–Crippen MR) is 88.3 cm³/mol. The summed E-state index contributed by atoms with van der Waals surface area (Å²) in [5.74, 6) is 0.651. The normalized spacial score (nSPS) is 22.0. The van der Waals surface area contributed by atoms with Gasteiger partial charge in [0.15, 0.2) is 0 Å². The quantitative estimate of drug-likeness (QED) is 0.864. The Hall–Kier alpha value is -1.88. The molecule has 1 aromatic rings. The van der Waals surface area contributed by atoms with Crippen molar-refractivity contribution in [1.29, 1.82) is 0 Å². The molecule has 2 heterocycles. The zero-order valence-corrected chi connectivity index (χ0v) is 13.6. The van der Waals surface area contributed by atoms with E-state index in [1.165, 1.54) is 11.1 Å². The highest BCUT2D eigenvalue weighted by molar-refractivity contribution is 5.66. The topological polar surface area (TPSA) is 66.6 Å². The molecule has 1 saturated heterocycles. The molecule has 1 fully saturated rings. The second-order valence-corrected chi connectivity index (χ2v) is 6.53. The van der Waals surface area contributed by atoms with E-state index in [1.807, 2.05) is 0 Å². The summed E-state index contributed by atoms with van der Waals surface area (Å²) in [5.41, 5.74) is 3.59. The van der Waals surface area contributed by atoms with Gasteiger partial charge in [-0.3, -0.25) is 4.79 Å². The molecular formula is C18H24N2O3. The highest BCUT2D eigenvalue weighted by atomic mass is 16.5. The first kappa shape index (κ1) is 16.0. The van der Waals surface area contributed by atoms with Crippen molar-refractivity contribution in [2.75, 3.05) is 19.6 Å². The van der Waals surface area contributed by atoms with Crippen molar-refractivity contribution in [2.45, 2.75) is 44.9 Å². The molecule has 0 spiro atoms. The van der Waals surface area contributed by atoms with Crippen LogP contribution in [-0.4, -0.2) is 40.8 Å². The lowest BCUT2D eigenvalue weighted by Crippen LogP contribution is -2.34. The van der Waals surface area contributed by atoms with Crippen LogP contribution in [0.15, 0.2) is 22.2 Å². The Labute approximate surface area is 136 Å². The van der Waals surface area contributed by atoms with Gasteiger partial charge in [0.1, 0.15) is 5.76 Å². The second-order valence-electron chi connectivity index (χ2n) is 6.53. The van der Waals surface area contributed by atoms with Gasteiger partial charge in [-0.2, -0.15) is 0 Å². The van der Waals surface area contributed by atoms with E-state index >= 15 is 0 Å². The smallest absolute Gasteiger partial charge is 0.304 e. The molecule has 2 aliphatic rings. The van der Waals surface area contributed by atoms with Crippen molar-refractivity contribution in [3.63, 3.8) is 0 Å². The minimum atomic E-state index is -0.723. The molecule has 0 radical (unpaired) electrons. The molecule has 23 heavy (non-hydrogen) atoms. The number of carboxylic acid groups (broad SMARTS) is 1. The van der Waals surface area contributed by atoms with E-state index in [0.29, 0.717) is 12.5 Å². The van der Waals surface area contributed by atoms with Gasteiger partial charge in [-0.05, 0) is 39.3 Å². The van der Waals surface area contributed by atoms with Crippen LogP contribution in [0.3, 0.4) is 0 Å². The molecule has 1 aliphatic heterocycles. The van der Waals surface area contributed by atoms with E-state index in [4.69, 9.17) is 9.63 Å². The number of aliphatic carboxylic acids is 1. The summed E-state index contributed by atoms with van der Waals surface area (Å²) in [6.45, 7) is 4.65. The largest absolute Gasteiger partial charge is 0.481 e. The summed E-state index contributed by atoms with van der Waals surface area (Å²) in [6.07, 6.45) is 10.6. The van der Waals surface area contributed by atoms with Gasteiger partial charge in [-0.1, -0.05) is 29.0 Å². The Morgan fingerprint density at radius 3 is 2.83 bits per heavy atom. The van der Waals surface area contributed by atoms with Crippen molar-refractivity contribution in [1.82, 2.24) is 10.1 Å². The summed E-state index contributed by atoms with van der Waals surface area (Å²) in [7, 11) is 0. The maximum Gasteiger partial charge on any atom is 0.304 e. The number of carbonyl (C=O) groups is 1. The minimum absolute atomic E-state index is 0.221. The predicted octanol–water partition coefficient (Wildman–Crippen LogP) is 3.23. The van der Waals surface area contributed by atoms with Crippen LogP contribution in [0.25, 0.3) is 6.08 Å². The van der Waals surface area contributed by atoms with Crippen LogP contribution in [0.4, 0.5) is 0 Å². The van der Waals surface area contributed by atoms with Gasteiger partial charge in [0.2, 0.25) is 0 Å². The highest BCUT2D eigenvalue weighted by Gasteiger charge is 2.27. The van der Waals surface area contributed by atoms with Gasteiger partial charge in [-0.25, -0.2) is 0 Å². The third kappa shape index (κ3) is 3.91. The van der Waals surface area contributed by atoms with Crippen LogP contribution in [0.1, 0.15) is 55.5 Å². The molecule has 0 unspecified atom stereocenters. The average Bonchev–Trinajstić information content (AvgIpc) is 2.90. The summed E-state index contributed by atoms with van der Waals surface area (Å²) < 4.78 is 5.59. The van der Waals surface area contributed by atoms with Crippen LogP contribution in [-0.2, 0) is 11.2 Å². The summed E-state index contributed by atoms with van der Waals surface area (Å²) in [5, 5.41) is 13.2. The van der Waals surface area contributed by atoms with Crippen LogP contribution < -0.4 is 0 Å². The molecule has 5 heteroatoms. The van der Waals surface area contributed by atoms with Crippen molar-refractivity contribution in [2.24, 2.45) is 0 Å². The Morgan fingerprint density at radius 2 is 2.09 bits per heavy atom. The summed E-state index contributed by atoms with van der Waals surface area (Å²) in [6, 6.07) is 0. The molecule has 0 saturated carbocycles. The first-order chi connectivity index (χ1) is 11.1. The zero-order chi connectivity index (χ0) is 16.2. The van der Waals surface area contributed by atoms with Crippen molar-refractivity contribution in [3.8, 4) is 0 Å². The Bertz CT molecular complexity index is 622. The van der Waals surface area contributed by atoms with E-state index in [9.17, 15) is 4.79 Å². The number of hydrogen-bond acceptors (Lipinski definition) is 4. The molecule has 0 amide bonds. The van der Waals surface area contributed by atoms with Gasteiger partial charge in [0.25, 0.3) is 0 Å². The highest BCUT2D eigenvalue weighted by Crippen LogP contribution is 2.33. The van der Waals surface area contributed by atoms with E-state index in [1.54, 1.807) is 0 Å². The number of fused-ring (bicyclic) bond motifs is 1. The maximum absolute atomic E-state index is 10.7. The van der Waals surface area contributed by atoms with Crippen molar-refractivity contribution < 1.29 is 14.4 Å². The third-order valence-corrected chi connectivity index (χ3v) is 4.75. The third-order valence-electron chi connectivity index (χ3n) is 4.75. The number of carboxylic acids is 1. The number of likely N-dealkylation sites (tertiary alicyclic amines) is 1. The Kier molecular flexibility index (Phi) is 4.96. The second kappa shape index (κ2) is 7.13. The molecule has 5 nitrogen and oxygen atoms in total. The van der Waals surface area contributed by atoms with E-state index in [0.717, 1.165) is 50.2 Å². The molecule has 0 atom stereocenters. The molecule has 1 aliphatic carbocycles. The molecular weight excluding hydrogens is 292 g/mol. The number of rotatable bonds is 4. The van der Waals surface area contributed by atoms with E-state index in [2.05, 4.69) is 35.2 Å². The minimum Gasteiger partial charge on any atom is -0.481 e. The Morgan fingerprint density at radius 1 is 1.35 bits per heavy atom. The molecule has 0 aromatic carbocycles. The fourth-order valence-electron chi connectivity index (χ4n) is 3.39. The lowest BCUT2D eigenvalue weighted by molar-refractivity contribution is -0.137.